The van der Waals surface area contributed by atoms with Crippen LogP contribution >= 0.6 is 23.2 Å². The molecule has 2 aromatic carbocycles. The van der Waals surface area contributed by atoms with E-state index in [1.165, 1.54) is 12.4 Å². The minimum atomic E-state index is -0.478. The molecule has 0 spiro atoms. The molecule has 4 rings (SSSR count). The highest BCUT2D eigenvalue weighted by Crippen LogP contribution is 2.35. The highest BCUT2D eigenvalue weighted by molar-refractivity contribution is 6.31. The summed E-state index contributed by atoms with van der Waals surface area (Å²) in [6, 6.07) is 11.9. The van der Waals surface area contributed by atoms with Gasteiger partial charge in [-0.25, -0.2) is 14.4 Å². The number of hydrogen-bond donors (Lipinski definition) is 1. The maximum Gasteiger partial charge on any atom is 0.150 e. The quantitative estimate of drug-likeness (QED) is 0.531. The van der Waals surface area contributed by atoms with Crippen LogP contribution in [-0.4, -0.2) is 14.5 Å². The summed E-state index contributed by atoms with van der Waals surface area (Å²) in [7, 11) is 0. The fourth-order valence-electron chi connectivity index (χ4n) is 2.77. The van der Waals surface area contributed by atoms with Crippen molar-refractivity contribution in [2.45, 2.75) is 0 Å². The van der Waals surface area contributed by atoms with E-state index in [0.717, 1.165) is 11.1 Å². The van der Waals surface area contributed by atoms with Crippen LogP contribution in [0.5, 0.6) is 0 Å². The van der Waals surface area contributed by atoms with Crippen molar-refractivity contribution in [3.63, 3.8) is 0 Å². The molecule has 4 aromatic rings. The molecule has 0 radical (unpaired) electrons. The zero-order valence-electron chi connectivity index (χ0n) is 12.7. The van der Waals surface area contributed by atoms with Crippen molar-refractivity contribution in [2.24, 2.45) is 0 Å². The van der Waals surface area contributed by atoms with E-state index in [0.29, 0.717) is 27.6 Å². The fraction of sp³-hybridized carbons (Fsp3) is 0. The Balaban J connectivity index is 2.02. The Morgan fingerprint density at radius 1 is 1.00 bits per heavy atom. The van der Waals surface area contributed by atoms with Gasteiger partial charge < -0.3 is 10.3 Å². The highest BCUT2D eigenvalue weighted by Gasteiger charge is 2.16. The molecule has 124 valence electrons. The van der Waals surface area contributed by atoms with Gasteiger partial charge in [0, 0.05) is 22.5 Å². The SMILES string of the molecule is Nc1ncnc2c1c(-c1ccc(Cl)cc1)cn2-c1ccc(F)c(Cl)c1. The number of nitrogens with two attached hydrogens (primary N) is 1. The standard InChI is InChI=1S/C18H11Cl2FN4/c19-11-3-1-10(2-4-11)13-8-25(12-5-6-15(21)14(20)7-12)18-16(13)17(22)23-9-24-18/h1-9H,(H2,22,23,24). The van der Waals surface area contributed by atoms with E-state index < -0.39 is 5.82 Å². The molecule has 4 nitrogen and oxygen atoms in total. The van der Waals surface area contributed by atoms with E-state index in [-0.39, 0.29) is 5.02 Å². The monoisotopic (exact) mass is 372 g/mol. The van der Waals surface area contributed by atoms with Gasteiger partial charge in [-0.1, -0.05) is 35.3 Å². The van der Waals surface area contributed by atoms with Gasteiger partial charge in [0.15, 0.2) is 5.65 Å². The Morgan fingerprint density at radius 2 is 1.76 bits per heavy atom. The van der Waals surface area contributed by atoms with Crippen LogP contribution in [0.3, 0.4) is 0 Å². The first-order valence-electron chi connectivity index (χ1n) is 7.37. The lowest BCUT2D eigenvalue weighted by Gasteiger charge is -2.05. The summed E-state index contributed by atoms with van der Waals surface area (Å²) in [4.78, 5) is 8.43. The Morgan fingerprint density at radius 3 is 2.48 bits per heavy atom. The van der Waals surface area contributed by atoms with Crippen molar-refractivity contribution < 1.29 is 4.39 Å². The summed E-state index contributed by atoms with van der Waals surface area (Å²) in [6.07, 6.45) is 3.27. The molecule has 2 heterocycles. The minimum absolute atomic E-state index is 0.0365. The summed E-state index contributed by atoms with van der Waals surface area (Å²) < 4.78 is 15.3. The molecule has 0 fully saturated rings. The van der Waals surface area contributed by atoms with Gasteiger partial charge in [0.05, 0.1) is 10.4 Å². The average molecular weight is 373 g/mol. The molecule has 2 N–H and O–H groups in total. The maximum absolute atomic E-state index is 13.5. The number of aromatic nitrogens is 3. The first-order chi connectivity index (χ1) is 12.0. The fourth-order valence-corrected chi connectivity index (χ4v) is 3.07. The van der Waals surface area contributed by atoms with Crippen molar-refractivity contribution in [1.82, 2.24) is 14.5 Å². The van der Waals surface area contributed by atoms with Crippen LogP contribution in [0.2, 0.25) is 10.0 Å². The predicted octanol–water partition coefficient (Wildman–Crippen LogP) is 5.12. The molecule has 0 bridgehead atoms. The van der Waals surface area contributed by atoms with Crippen LogP contribution in [0.1, 0.15) is 0 Å². The molecule has 7 heteroatoms. The van der Waals surface area contributed by atoms with Gasteiger partial charge >= 0.3 is 0 Å². The molecule has 2 aromatic heterocycles. The van der Waals surface area contributed by atoms with E-state index in [1.54, 1.807) is 24.3 Å². The van der Waals surface area contributed by atoms with Gasteiger partial charge in [-0.15, -0.1) is 0 Å². The molecule has 0 saturated carbocycles. The van der Waals surface area contributed by atoms with Crippen LogP contribution in [0.15, 0.2) is 55.0 Å². The second-order valence-electron chi connectivity index (χ2n) is 5.48. The van der Waals surface area contributed by atoms with Crippen LogP contribution in [0, 0.1) is 5.82 Å². The molecule has 0 aliphatic heterocycles. The van der Waals surface area contributed by atoms with E-state index in [4.69, 9.17) is 28.9 Å². The second kappa shape index (κ2) is 6.02. The van der Waals surface area contributed by atoms with Gasteiger partial charge in [-0.05, 0) is 35.9 Å². The summed E-state index contributed by atoms with van der Waals surface area (Å²) in [5.41, 5.74) is 9.15. The third-order valence-electron chi connectivity index (χ3n) is 3.95. The largest absolute Gasteiger partial charge is 0.383 e. The summed E-state index contributed by atoms with van der Waals surface area (Å²) in [6.45, 7) is 0. The number of nitrogens with zero attached hydrogens (tertiary/aromatic N) is 3. The number of benzene rings is 2. The van der Waals surface area contributed by atoms with Crippen LogP contribution < -0.4 is 5.73 Å². The summed E-state index contributed by atoms with van der Waals surface area (Å²) >= 11 is 11.9. The number of nitrogen functional groups attached to an aromatic ring is 1. The van der Waals surface area contributed by atoms with Crippen molar-refractivity contribution in [3.8, 4) is 16.8 Å². The van der Waals surface area contributed by atoms with Gasteiger partial charge in [-0.2, -0.15) is 0 Å². The van der Waals surface area contributed by atoms with Gasteiger partial charge in [0.25, 0.3) is 0 Å². The van der Waals surface area contributed by atoms with Crippen molar-refractivity contribution in [3.05, 3.63) is 70.9 Å². The maximum atomic E-state index is 13.5. The summed E-state index contributed by atoms with van der Waals surface area (Å²) in [5.74, 6) is -0.115. The lowest BCUT2D eigenvalue weighted by molar-refractivity contribution is 0.628. The molecule has 0 saturated heterocycles. The van der Waals surface area contributed by atoms with E-state index in [1.807, 2.05) is 22.9 Å². The van der Waals surface area contributed by atoms with Crippen molar-refractivity contribution in [1.29, 1.82) is 0 Å². The van der Waals surface area contributed by atoms with E-state index >= 15 is 0 Å². The highest BCUT2D eigenvalue weighted by atomic mass is 35.5. The zero-order valence-corrected chi connectivity index (χ0v) is 14.3. The normalized spacial score (nSPS) is 11.2. The number of anilines is 1. The number of hydrogen-bond acceptors (Lipinski definition) is 3. The van der Waals surface area contributed by atoms with Gasteiger partial charge in [0.1, 0.15) is 18.0 Å². The van der Waals surface area contributed by atoms with Crippen LogP contribution in [-0.2, 0) is 0 Å². The first kappa shape index (κ1) is 15.9. The summed E-state index contributed by atoms with van der Waals surface area (Å²) in [5, 5.41) is 1.39. The second-order valence-corrected chi connectivity index (χ2v) is 6.32. The lowest BCUT2D eigenvalue weighted by atomic mass is 10.1. The van der Waals surface area contributed by atoms with E-state index in [2.05, 4.69) is 9.97 Å². The molecule has 0 atom stereocenters. The molecule has 0 unspecified atom stereocenters. The minimum Gasteiger partial charge on any atom is -0.383 e. The Bertz CT molecular complexity index is 1090. The molecular weight excluding hydrogens is 362 g/mol. The van der Waals surface area contributed by atoms with Crippen molar-refractivity contribution in [2.75, 3.05) is 5.73 Å². The van der Waals surface area contributed by atoms with Gasteiger partial charge in [-0.3, -0.25) is 0 Å². The lowest BCUT2D eigenvalue weighted by Crippen LogP contribution is -1.97. The Kier molecular flexibility index (Phi) is 3.82. The van der Waals surface area contributed by atoms with E-state index in [9.17, 15) is 4.39 Å². The third-order valence-corrected chi connectivity index (χ3v) is 4.49. The zero-order chi connectivity index (χ0) is 17.6. The first-order valence-corrected chi connectivity index (χ1v) is 8.13. The third kappa shape index (κ3) is 2.71. The van der Waals surface area contributed by atoms with Crippen LogP contribution in [0.25, 0.3) is 27.8 Å². The Hall–Kier alpha value is -2.63. The molecule has 0 aliphatic carbocycles. The molecule has 25 heavy (non-hydrogen) atoms. The number of fused-ring (bicyclic) bond motifs is 1. The van der Waals surface area contributed by atoms with Gasteiger partial charge in [0.2, 0.25) is 0 Å². The smallest absolute Gasteiger partial charge is 0.150 e. The van der Waals surface area contributed by atoms with Crippen LogP contribution in [0.4, 0.5) is 10.2 Å². The molecular formula is C18H11Cl2FN4. The molecule has 0 amide bonds. The van der Waals surface area contributed by atoms with Crippen molar-refractivity contribution >= 4 is 40.1 Å². The number of rotatable bonds is 2. The number of halogens is 3. The Labute approximate surface area is 152 Å². The topological polar surface area (TPSA) is 56.7 Å². The molecule has 0 aliphatic rings. The average Bonchev–Trinajstić information content (AvgIpc) is 2.99. The predicted molar refractivity (Wildman–Crippen MR) is 98.7 cm³/mol.